The quantitative estimate of drug-likeness (QED) is 0.422. The fraction of sp³-hybridized carbons (Fsp3) is 0.667. The lowest BCUT2D eigenvalue weighted by atomic mass is 10.4. The summed E-state index contributed by atoms with van der Waals surface area (Å²) < 4.78 is 26.8. The van der Waals surface area contributed by atoms with Gasteiger partial charge in [0.1, 0.15) is 0 Å². The van der Waals surface area contributed by atoms with Crippen LogP contribution < -0.4 is 5.32 Å². The average Bonchev–Trinajstić information content (AvgIpc) is 2.84. The second-order valence-corrected chi connectivity index (χ2v) is 8.47. The van der Waals surface area contributed by atoms with Crippen LogP contribution in [0.3, 0.4) is 0 Å². The molecular formula is C15H28ClN5O2S. The average molecular weight is 378 g/mol. The molecule has 0 bridgehead atoms. The van der Waals surface area contributed by atoms with Gasteiger partial charge >= 0.3 is 0 Å². The van der Waals surface area contributed by atoms with E-state index in [9.17, 15) is 8.42 Å². The van der Waals surface area contributed by atoms with Gasteiger partial charge < -0.3 is 14.8 Å². The second kappa shape index (κ2) is 9.29. The van der Waals surface area contributed by atoms with Crippen molar-refractivity contribution >= 4 is 27.6 Å². The van der Waals surface area contributed by atoms with Crippen LogP contribution in [0, 0.1) is 0 Å². The van der Waals surface area contributed by atoms with Gasteiger partial charge in [0, 0.05) is 53.2 Å². The molecule has 0 aliphatic carbocycles. The molecule has 138 valence electrons. The van der Waals surface area contributed by atoms with Gasteiger partial charge in [0.15, 0.2) is 5.96 Å². The first kappa shape index (κ1) is 20.8. The first-order valence-electron chi connectivity index (χ1n) is 7.87. The minimum absolute atomic E-state index is 0.126. The molecule has 0 spiro atoms. The number of hydrogen-bond donors (Lipinski definition) is 1. The molecule has 1 rings (SSSR count). The van der Waals surface area contributed by atoms with E-state index in [2.05, 4.69) is 10.3 Å². The van der Waals surface area contributed by atoms with E-state index in [-0.39, 0.29) is 5.75 Å². The van der Waals surface area contributed by atoms with Crippen molar-refractivity contribution in [2.75, 3.05) is 40.0 Å². The maximum atomic E-state index is 11.7. The minimum Gasteiger partial charge on any atom is -0.356 e. The highest BCUT2D eigenvalue weighted by Gasteiger charge is 2.14. The molecule has 0 saturated heterocycles. The Morgan fingerprint density at radius 3 is 2.58 bits per heavy atom. The zero-order valence-corrected chi connectivity index (χ0v) is 16.7. The summed E-state index contributed by atoms with van der Waals surface area (Å²) in [7, 11) is 4.12. The van der Waals surface area contributed by atoms with E-state index in [1.54, 1.807) is 21.0 Å². The van der Waals surface area contributed by atoms with Gasteiger partial charge in [-0.05, 0) is 19.4 Å². The molecule has 7 nitrogen and oxygen atoms in total. The van der Waals surface area contributed by atoms with E-state index in [4.69, 9.17) is 11.6 Å². The van der Waals surface area contributed by atoms with Gasteiger partial charge in [-0.15, -0.1) is 0 Å². The Hall–Kier alpha value is -1.25. The lowest BCUT2D eigenvalue weighted by molar-refractivity contribution is 0.445. The van der Waals surface area contributed by atoms with Gasteiger partial charge in [0.25, 0.3) is 0 Å². The Labute approximate surface area is 150 Å². The van der Waals surface area contributed by atoms with Gasteiger partial charge in [-0.3, -0.25) is 4.99 Å². The number of hydrogen-bond acceptors (Lipinski definition) is 3. The van der Waals surface area contributed by atoms with Crippen LogP contribution in [0.4, 0.5) is 0 Å². The summed E-state index contributed by atoms with van der Waals surface area (Å²) >= 11 is 6.00. The SMILES string of the molecule is CCS(=O)(=O)N(C)CCCNC(=NC)N(C)Cc1cc(Cl)cn1C. The Morgan fingerprint density at radius 1 is 1.42 bits per heavy atom. The molecular weight excluding hydrogens is 350 g/mol. The number of nitrogens with zero attached hydrogens (tertiary/aromatic N) is 4. The standard InChI is InChI=1S/C15H28ClN5O2S/c1-6-24(22,23)21(5)9-7-8-18-15(17-2)20(4)12-14-10-13(16)11-19(14)3/h10-11H,6-9,12H2,1-5H3,(H,17,18). The summed E-state index contributed by atoms with van der Waals surface area (Å²) in [6, 6.07) is 1.93. The third kappa shape index (κ3) is 5.99. The number of halogens is 1. The van der Waals surface area contributed by atoms with Crippen LogP contribution in [0.5, 0.6) is 0 Å². The fourth-order valence-electron chi connectivity index (χ4n) is 2.29. The van der Waals surface area contributed by atoms with Crippen LogP contribution in [0.25, 0.3) is 0 Å². The molecule has 1 N–H and O–H groups in total. The van der Waals surface area contributed by atoms with Gasteiger partial charge in [-0.2, -0.15) is 0 Å². The Morgan fingerprint density at radius 2 is 2.08 bits per heavy atom. The normalized spacial score (nSPS) is 12.7. The zero-order chi connectivity index (χ0) is 18.3. The van der Waals surface area contributed by atoms with Crippen molar-refractivity contribution < 1.29 is 8.42 Å². The first-order valence-corrected chi connectivity index (χ1v) is 9.86. The van der Waals surface area contributed by atoms with E-state index in [1.165, 1.54) is 4.31 Å². The van der Waals surface area contributed by atoms with Gasteiger partial charge in [-0.25, -0.2) is 12.7 Å². The van der Waals surface area contributed by atoms with Crippen LogP contribution in [0.15, 0.2) is 17.3 Å². The third-order valence-corrected chi connectivity index (χ3v) is 5.89. The van der Waals surface area contributed by atoms with Crippen molar-refractivity contribution in [1.82, 2.24) is 19.1 Å². The van der Waals surface area contributed by atoms with Crippen molar-refractivity contribution in [3.63, 3.8) is 0 Å². The molecule has 0 aliphatic heterocycles. The van der Waals surface area contributed by atoms with Crippen LogP contribution in [-0.2, 0) is 23.6 Å². The number of aryl methyl sites for hydroxylation is 1. The third-order valence-electron chi connectivity index (χ3n) is 3.82. The molecule has 0 aromatic carbocycles. The van der Waals surface area contributed by atoms with E-state index in [0.717, 1.165) is 11.7 Å². The highest BCUT2D eigenvalue weighted by atomic mass is 35.5. The predicted molar refractivity (Wildman–Crippen MR) is 100.0 cm³/mol. The van der Waals surface area contributed by atoms with Crippen LogP contribution in [0.1, 0.15) is 19.0 Å². The van der Waals surface area contributed by atoms with Crippen molar-refractivity contribution in [2.24, 2.45) is 12.0 Å². The van der Waals surface area contributed by atoms with Gasteiger partial charge in [0.2, 0.25) is 10.0 Å². The highest BCUT2D eigenvalue weighted by molar-refractivity contribution is 7.89. The molecule has 0 amide bonds. The van der Waals surface area contributed by atoms with Crippen molar-refractivity contribution in [1.29, 1.82) is 0 Å². The molecule has 0 radical (unpaired) electrons. The number of rotatable bonds is 8. The molecule has 0 aliphatic rings. The predicted octanol–water partition coefficient (Wildman–Crippen LogP) is 1.36. The summed E-state index contributed by atoms with van der Waals surface area (Å²) in [5, 5.41) is 3.96. The second-order valence-electron chi connectivity index (χ2n) is 5.67. The number of aliphatic imine (C=N–C) groups is 1. The summed E-state index contributed by atoms with van der Waals surface area (Å²) in [5.74, 6) is 0.883. The lowest BCUT2D eigenvalue weighted by Gasteiger charge is -2.23. The molecule has 1 aromatic heterocycles. The Kier molecular flexibility index (Phi) is 8.05. The van der Waals surface area contributed by atoms with Gasteiger partial charge in [-0.1, -0.05) is 11.6 Å². The van der Waals surface area contributed by atoms with E-state index < -0.39 is 10.0 Å². The molecule has 1 aromatic rings. The Balaban J connectivity index is 2.46. The molecule has 0 unspecified atom stereocenters. The van der Waals surface area contributed by atoms with Crippen LogP contribution in [0.2, 0.25) is 5.02 Å². The Bertz CT molecular complexity index is 657. The van der Waals surface area contributed by atoms with Crippen molar-refractivity contribution in [3.8, 4) is 0 Å². The molecule has 24 heavy (non-hydrogen) atoms. The van der Waals surface area contributed by atoms with E-state index in [0.29, 0.717) is 31.1 Å². The van der Waals surface area contributed by atoms with E-state index >= 15 is 0 Å². The molecule has 9 heteroatoms. The number of guanidine groups is 1. The largest absolute Gasteiger partial charge is 0.356 e. The monoisotopic (exact) mass is 377 g/mol. The van der Waals surface area contributed by atoms with Gasteiger partial charge in [0.05, 0.1) is 17.3 Å². The maximum absolute atomic E-state index is 11.7. The topological polar surface area (TPSA) is 69.9 Å². The number of aromatic nitrogens is 1. The van der Waals surface area contributed by atoms with Crippen molar-refractivity contribution in [3.05, 3.63) is 23.0 Å². The first-order chi connectivity index (χ1) is 11.2. The van der Waals surface area contributed by atoms with Crippen molar-refractivity contribution in [2.45, 2.75) is 19.9 Å². The number of sulfonamides is 1. The van der Waals surface area contributed by atoms with E-state index in [1.807, 2.05) is 35.8 Å². The fourth-order valence-corrected chi connectivity index (χ4v) is 3.41. The molecule has 0 saturated carbocycles. The maximum Gasteiger partial charge on any atom is 0.213 e. The minimum atomic E-state index is -3.11. The molecule has 0 atom stereocenters. The summed E-state index contributed by atoms with van der Waals surface area (Å²) in [4.78, 5) is 6.26. The zero-order valence-electron chi connectivity index (χ0n) is 15.1. The summed E-state index contributed by atoms with van der Waals surface area (Å²) in [6.07, 6.45) is 2.57. The number of nitrogens with one attached hydrogen (secondary N) is 1. The molecule has 1 heterocycles. The molecule has 0 fully saturated rings. The lowest BCUT2D eigenvalue weighted by Crippen LogP contribution is -2.40. The summed E-state index contributed by atoms with van der Waals surface area (Å²) in [5.41, 5.74) is 1.08. The smallest absolute Gasteiger partial charge is 0.213 e. The highest BCUT2D eigenvalue weighted by Crippen LogP contribution is 2.14. The van der Waals surface area contributed by atoms with Crippen LogP contribution in [-0.4, -0.2) is 68.1 Å². The van der Waals surface area contributed by atoms with Crippen LogP contribution >= 0.6 is 11.6 Å². The summed E-state index contributed by atoms with van der Waals surface area (Å²) in [6.45, 7) is 3.45.